The van der Waals surface area contributed by atoms with Crippen LogP contribution in [-0.4, -0.2) is 12.6 Å². The predicted molar refractivity (Wildman–Crippen MR) is 74.7 cm³/mol. The molecule has 0 saturated heterocycles. The van der Waals surface area contributed by atoms with Gasteiger partial charge in [-0.2, -0.15) is 5.26 Å². The van der Waals surface area contributed by atoms with E-state index in [1.54, 1.807) is 24.3 Å². The average molecular weight is 283 g/mol. The third-order valence-corrected chi connectivity index (χ3v) is 3.78. The minimum atomic E-state index is -0.705. The number of para-hydroxylation sites is 1. The number of carbonyl (C=O) groups excluding carboxylic acids is 1. The number of nitrogens with zero attached hydrogens (tertiary/aromatic N) is 1. The molecule has 2 aromatic rings. The number of nitriles is 1. The Kier molecular flexibility index (Phi) is 3.22. The van der Waals surface area contributed by atoms with Gasteiger partial charge in [-0.3, -0.25) is 0 Å². The lowest BCUT2D eigenvalue weighted by Crippen LogP contribution is -2.20. The fourth-order valence-electron chi connectivity index (χ4n) is 2.22. The van der Waals surface area contributed by atoms with Gasteiger partial charge < -0.3 is 9.15 Å². The lowest BCUT2D eigenvalue weighted by atomic mass is 10.1. The van der Waals surface area contributed by atoms with Gasteiger partial charge in [0.05, 0.1) is 12.7 Å². The third-order valence-electron chi connectivity index (χ3n) is 3.78. The number of esters is 1. The molecule has 5 heteroatoms. The van der Waals surface area contributed by atoms with Crippen LogP contribution in [0.3, 0.4) is 0 Å². The van der Waals surface area contributed by atoms with Gasteiger partial charge in [-0.25, -0.2) is 9.59 Å². The second-order valence-electron chi connectivity index (χ2n) is 5.40. The van der Waals surface area contributed by atoms with Gasteiger partial charge in [-0.15, -0.1) is 0 Å². The summed E-state index contributed by atoms with van der Waals surface area (Å²) in [6.45, 7) is 0.172. The molecule has 0 atom stereocenters. The van der Waals surface area contributed by atoms with Crippen LogP contribution in [0.15, 0.2) is 39.5 Å². The van der Waals surface area contributed by atoms with Gasteiger partial charge in [0.15, 0.2) is 0 Å². The van der Waals surface area contributed by atoms with Crippen LogP contribution in [0.5, 0.6) is 0 Å². The van der Waals surface area contributed by atoms with Crippen molar-refractivity contribution in [2.24, 2.45) is 5.41 Å². The van der Waals surface area contributed by atoms with Gasteiger partial charge in [0.25, 0.3) is 0 Å². The molecule has 1 fully saturated rings. The smallest absolute Gasteiger partial charge is 0.351 e. The van der Waals surface area contributed by atoms with Gasteiger partial charge in [0.2, 0.25) is 0 Å². The molecule has 0 unspecified atom stereocenters. The van der Waals surface area contributed by atoms with Crippen LogP contribution in [0.2, 0.25) is 0 Å². The van der Waals surface area contributed by atoms with Crippen LogP contribution < -0.4 is 5.63 Å². The van der Waals surface area contributed by atoms with E-state index in [4.69, 9.17) is 14.4 Å². The maximum absolute atomic E-state index is 12.0. The van der Waals surface area contributed by atoms with Crippen molar-refractivity contribution in [1.29, 1.82) is 5.26 Å². The van der Waals surface area contributed by atoms with Crippen molar-refractivity contribution in [3.8, 4) is 6.07 Å². The lowest BCUT2D eigenvalue weighted by molar-refractivity contribution is 0.0415. The van der Waals surface area contributed by atoms with Gasteiger partial charge in [-0.1, -0.05) is 18.2 Å². The van der Waals surface area contributed by atoms with Crippen LogP contribution >= 0.6 is 0 Å². The Hall–Kier alpha value is -2.61. The summed E-state index contributed by atoms with van der Waals surface area (Å²) in [4.78, 5) is 23.8. The summed E-state index contributed by atoms with van der Waals surface area (Å²) in [5.74, 6) is -0.696. The molecule has 1 aliphatic carbocycles. The van der Waals surface area contributed by atoms with Crippen molar-refractivity contribution in [2.45, 2.75) is 19.3 Å². The number of fused-ring (bicyclic) bond motifs is 1. The Morgan fingerprint density at radius 2 is 2.14 bits per heavy atom. The Morgan fingerprint density at radius 1 is 1.38 bits per heavy atom. The monoisotopic (exact) mass is 283 g/mol. The van der Waals surface area contributed by atoms with Crippen molar-refractivity contribution in [3.05, 3.63) is 46.3 Å². The molecule has 106 valence electrons. The molecule has 0 bridgehead atoms. The summed E-state index contributed by atoms with van der Waals surface area (Å²) >= 11 is 0. The van der Waals surface area contributed by atoms with E-state index in [-0.39, 0.29) is 17.6 Å². The molecular weight excluding hydrogens is 270 g/mol. The fourth-order valence-corrected chi connectivity index (χ4v) is 2.22. The third kappa shape index (κ3) is 2.65. The van der Waals surface area contributed by atoms with E-state index in [1.807, 2.05) is 0 Å². The molecule has 1 aromatic carbocycles. The number of ether oxygens (including phenoxy) is 1. The molecule has 0 amide bonds. The summed E-state index contributed by atoms with van der Waals surface area (Å²) in [5.41, 5.74) is -0.589. The molecule has 0 radical (unpaired) electrons. The van der Waals surface area contributed by atoms with Gasteiger partial charge in [0.1, 0.15) is 11.1 Å². The summed E-state index contributed by atoms with van der Waals surface area (Å²) in [5, 5.41) is 9.40. The van der Waals surface area contributed by atoms with Crippen LogP contribution in [0.1, 0.15) is 29.6 Å². The molecule has 1 saturated carbocycles. The minimum absolute atomic E-state index is 0.110. The van der Waals surface area contributed by atoms with E-state index in [0.717, 1.165) is 12.8 Å². The van der Waals surface area contributed by atoms with Crippen LogP contribution in [0.25, 0.3) is 11.0 Å². The molecule has 1 aliphatic rings. The van der Waals surface area contributed by atoms with Crippen LogP contribution in [-0.2, 0) is 4.74 Å². The van der Waals surface area contributed by atoms with E-state index >= 15 is 0 Å². The van der Waals surface area contributed by atoms with Crippen LogP contribution in [0, 0.1) is 16.7 Å². The van der Waals surface area contributed by atoms with Crippen molar-refractivity contribution in [2.75, 3.05) is 6.61 Å². The number of hydrogen-bond acceptors (Lipinski definition) is 5. The molecule has 3 rings (SSSR count). The van der Waals surface area contributed by atoms with E-state index in [0.29, 0.717) is 17.4 Å². The standard InChI is InChI=1S/C16H13NO4/c17-8-7-16(5-6-16)10-20-14(18)12-9-11-3-1-2-4-13(11)21-15(12)19/h1-4,9H,5-7,10H2. The Labute approximate surface area is 120 Å². The average Bonchev–Trinajstić information content (AvgIpc) is 3.24. The van der Waals surface area contributed by atoms with Gasteiger partial charge >= 0.3 is 11.6 Å². The number of benzene rings is 1. The SMILES string of the molecule is N#CCC1(COC(=O)c2cc3ccccc3oc2=O)CC1. The first-order valence-corrected chi connectivity index (χ1v) is 6.71. The van der Waals surface area contributed by atoms with Gasteiger partial charge in [0, 0.05) is 17.2 Å². The maximum Gasteiger partial charge on any atom is 0.351 e. The zero-order chi connectivity index (χ0) is 14.9. The van der Waals surface area contributed by atoms with Crippen molar-refractivity contribution in [1.82, 2.24) is 0 Å². The summed E-state index contributed by atoms with van der Waals surface area (Å²) in [6, 6.07) is 10.5. The number of carbonyl (C=O) groups is 1. The Bertz CT molecular complexity index is 796. The highest BCUT2D eigenvalue weighted by Gasteiger charge is 2.44. The molecule has 21 heavy (non-hydrogen) atoms. The Balaban J connectivity index is 1.80. The van der Waals surface area contributed by atoms with E-state index in [9.17, 15) is 9.59 Å². The summed E-state index contributed by atoms with van der Waals surface area (Å²) < 4.78 is 10.3. The molecule has 5 nitrogen and oxygen atoms in total. The molecular formula is C16H13NO4. The highest BCUT2D eigenvalue weighted by Crippen LogP contribution is 2.48. The van der Waals surface area contributed by atoms with E-state index < -0.39 is 11.6 Å². The predicted octanol–water partition coefficient (Wildman–Crippen LogP) is 2.64. The molecule has 0 N–H and O–H groups in total. The summed E-state index contributed by atoms with van der Waals surface area (Å²) in [6.07, 6.45) is 2.12. The van der Waals surface area contributed by atoms with E-state index in [1.165, 1.54) is 6.07 Å². The quantitative estimate of drug-likeness (QED) is 0.636. The van der Waals surface area contributed by atoms with Crippen molar-refractivity contribution >= 4 is 16.9 Å². The fraction of sp³-hybridized carbons (Fsp3) is 0.312. The van der Waals surface area contributed by atoms with Gasteiger partial charge in [-0.05, 0) is 25.0 Å². The second-order valence-corrected chi connectivity index (χ2v) is 5.40. The molecule has 0 spiro atoms. The number of hydrogen-bond donors (Lipinski definition) is 0. The first-order valence-electron chi connectivity index (χ1n) is 6.71. The largest absolute Gasteiger partial charge is 0.461 e. The number of rotatable bonds is 4. The first kappa shape index (κ1) is 13.4. The zero-order valence-electron chi connectivity index (χ0n) is 11.3. The summed E-state index contributed by atoms with van der Waals surface area (Å²) in [7, 11) is 0. The minimum Gasteiger partial charge on any atom is -0.461 e. The van der Waals surface area contributed by atoms with Crippen molar-refractivity contribution < 1.29 is 13.9 Å². The Morgan fingerprint density at radius 3 is 2.86 bits per heavy atom. The first-order chi connectivity index (χ1) is 10.1. The molecule has 0 aliphatic heterocycles. The maximum atomic E-state index is 12.0. The highest BCUT2D eigenvalue weighted by atomic mass is 16.5. The highest BCUT2D eigenvalue weighted by molar-refractivity contribution is 5.92. The van der Waals surface area contributed by atoms with Crippen molar-refractivity contribution in [3.63, 3.8) is 0 Å². The topological polar surface area (TPSA) is 80.3 Å². The van der Waals surface area contributed by atoms with E-state index in [2.05, 4.69) is 6.07 Å². The second kappa shape index (κ2) is 5.06. The molecule has 1 heterocycles. The normalized spacial score (nSPS) is 15.4. The zero-order valence-corrected chi connectivity index (χ0v) is 11.3. The lowest BCUT2D eigenvalue weighted by Gasteiger charge is -2.11. The van der Waals surface area contributed by atoms with Crippen LogP contribution in [0.4, 0.5) is 0 Å². The molecule has 1 aromatic heterocycles.